The lowest BCUT2D eigenvalue weighted by Crippen LogP contribution is -2.42. The van der Waals surface area contributed by atoms with Crippen molar-refractivity contribution in [1.29, 1.82) is 0 Å². The molecule has 0 amide bonds. The first-order valence-electron chi connectivity index (χ1n) is 7.59. The number of nitrogens with zero attached hydrogens (tertiary/aromatic N) is 1. The Morgan fingerprint density at radius 3 is 2.38 bits per heavy atom. The zero-order valence-corrected chi connectivity index (χ0v) is 14.3. The Kier molecular flexibility index (Phi) is 5.69. The summed E-state index contributed by atoms with van der Waals surface area (Å²) in [4.78, 5) is 0.376. The van der Waals surface area contributed by atoms with Gasteiger partial charge in [0.2, 0.25) is 10.0 Å². The van der Waals surface area contributed by atoms with E-state index in [4.69, 9.17) is 11.6 Å². The highest BCUT2D eigenvalue weighted by Gasteiger charge is 2.32. The fourth-order valence-corrected chi connectivity index (χ4v) is 4.82. The summed E-state index contributed by atoms with van der Waals surface area (Å²) >= 11 is 5.71. The highest BCUT2D eigenvalue weighted by Crippen LogP contribution is 2.30. The van der Waals surface area contributed by atoms with Gasteiger partial charge in [-0.3, -0.25) is 0 Å². The predicted molar refractivity (Wildman–Crippen MR) is 87.2 cm³/mol. The smallest absolute Gasteiger partial charge is 0.207 e. The van der Waals surface area contributed by atoms with E-state index in [9.17, 15) is 8.42 Å². The number of halogens is 1. The van der Waals surface area contributed by atoms with E-state index < -0.39 is 10.0 Å². The largest absolute Gasteiger partial charge is 0.243 e. The molecule has 0 aliphatic heterocycles. The number of rotatable bonds is 5. The van der Waals surface area contributed by atoms with Crippen LogP contribution in [0.25, 0.3) is 0 Å². The molecule has 1 saturated carbocycles. The van der Waals surface area contributed by atoms with Crippen LogP contribution in [0.4, 0.5) is 0 Å². The van der Waals surface area contributed by atoms with Crippen LogP contribution in [0.15, 0.2) is 29.2 Å². The number of sulfonamides is 1. The van der Waals surface area contributed by atoms with Crippen LogP contribution < -0.4 is 0 Å². The van der Waals surface area contributed by atoms with Crippen molar-refractivity contribution in [1.82, 2.24) is 4.31 Å². The van der Waals surface area contributed by atoms with Crippen molar-refractivity contribution in [2.75, 3.05) is 12.9 Å². The van der Waals surface area contributed by atoms with E-state index in [2.05, 4.69) is 6.92 Å². The third-order valence-electron chi connectivity index (χ3n) is 4.52. The van der Waals surface area contributed by atoms with E-state index in [0.717, 1.165) is 31.2 Å². The van der Waals surface area contributed by atoms with Gasteiger partial charge in [0.05, 0.1) is 4.90 Å². The van der Waals surface area contributed by atoms with Crippen LogP contribution in [-0.4, -0.2) is 31.7 Å². The number of aryl methyl sites for hydroxylation is 1. The molecule has 0 bridgehead atoms. The van der Waals surface area contributed by atoms with Gasteiger partial charge in [-0.05, 0) is 42.9 Å². The lowest BCUT2D eigenvalue weighted by Gasteiger charge is -2.35. The molecule has 0 heterocycles. The zero-order chi connectivity index (χ0) is 15.5. The van der Waals surface area contributed by atoms with E-state index in [0.29, 0.717) is 16.7 Å². The zero-order valence-electron chi connectivity index (χ0n) is 12.8. The molecule has 2 unspecified atom stereocenters. The Bertz CT molecular complexity index is 556. The second-order valence-electron chi connectivity index (χ2n) is 5.93. The van der Waals surface area contributed by atoms with Gasteiger partial charge in [0.15, 0.2) is 0 Å². The summed E-state index contributed by atoms with van der Waals surface area (Å²) in [5.41, 5.74) is 1.07. The second-order valence-corrected chi connectivity index (χ2v) is 8.31. The Labute approximate surface area is 133 Å². The summed E-state index contributed by atoms with van der Waals surface area (Å²) in [5.74, 6) is 0.972. The molecule has 1 aliphatic carbocycles. The SMILES string of the molecule is CC1CCCCC1N(C)S(=O)(=O)c1ccc(CCCl)cc1. The second kappa shape index (κ2) is 7.12. The standard InChI is InChI=1S/C16H24ClNO2S/c1-13-5-3-4-6-16(13)18(2)21(19,20)15-9-7-14(8-10-15)11-12-17/h7-10,13,16H,3-6,11-12H2,1-2H3. The van der Waals surface area contributed by atoms with Gasteiger partial charge in [0, 0.05) is 19.0 Å². The maximum absolute atomic E-state index is 12.7. The average molecular weight is 330 g/mol. The summed E-state index contributed by atoms with van der Waals surface area (Å²) in [6.07, 6.45) is 5.15. The van der Waals surface area contributed by atoms with Crippen LogP contribution >= 0.6 is 11.6 Å². The number of hydrogen-bond acceptors (Lipinski definition) is 2. The average Bonchev–Trinajstić information content (AvgIpc) is 2.48. The lowest BCUT2D eigenvalue weighted by atomic mass is 9.86. The van der Waals surface area contributed by atoms with Gasteiger partial charge in [-0.2, -0.15) is 4.31 Å². The van der Waals surface area contributed by atoms with Crippen LogP contribution in [0.2, 0.25) is 0 Å². The maximum atomic E-state index is 12.7. The first kappa shape index (κ1) is 16.8. The lowest BCUT2D eigenvalue weighted by molar-refractivity contribution is 0.213. The van der Waals surface area contributed by atoms with Gasteiger partial charge >= 0.3 is 0 Å². The van der Waals surface area contributed by atoms with E-state index in [1.54, 1.807) is 23.5 Å². The first-order valence-corrected chi connectivity index (χ1v) is 9.57. The van der Waals surface area contributed by atoms with Crippen LogP contribution in [-0.2, 0) is 16.4 Å². The van der Waals surface area contributed by atoms with Crippen molar-refractivity contribution in [3.63, 3.8) is 0 Å². The molecule has 1 aliphatic rings. The van der Waals surface area contributed by atoms with Crippen molar-refractivity contribution in [3.8, 4) is 0 Å². The molecule has 0 radical (unpaired) electrons. The van der Waals surface area contributed by atoms with Crippen molar-refractivity contribution in [2.24, 2.45) is 5.92 Å². The van der Waals surface area contributed by atoms with Gasteiger partial charge in [0.25, 0.3) is 0 Å². The van der Waals surface area contributed by atoms with Crippen molar-refractivity contribution < 1.29 is 8.42 Å². The predicted octanol–water partition coefficient (Wildman–Crippen LogP) is 3.67. The normalized spacial score (nSPS) is 23.4. The number of benzene rings is 1. The minimum absolute atomic E-state index is 0.117. The molecule has 0 N–H and O–H groups in total. The molecule has 0 aromatic heterocycles. The van der Waals surface area contributed by atoms with Gasteiger partial charge in [-0.1, -0.05) is 31.9 Å². The van der Waals surface area contributed by atoms with Gasteiger partial charge in [-0.15, -0.1) is 11.6 Å². The maximum Gasteiger partial charge on any atom is 0.243 e. The summed E-state index contributed by atoms with van der Waals surface area (Å²) in [7, 11) is -1.69. The summed E-state index contributed by atoms with van der Waals surface area (Å²) in [5, 5.41) is 0. The third kappa shape index (κ3) is 3.79. The highest BCUT2D eigenvalue weighted by atomic mass is 35.5. The van der Waals surface area contributed by atoms with Crippen molar-refractivity contribution in [2.45, 2.75) is 50.0 Å². The van der Waals surface area contributed by atoms with E-state index in [1.165, 1.54) is 6.42 Å². The van der Waals surface area contributed by atoms with E-state index in [-0.39, 0.29) is 6.04 Å². The third-order valence-corrected chi connectivity index (χ3v) is 6.60. The molecule has 3 nitrogen and oxygen atoms in total. The summed E-state index contributed by atoms with van der Waals surface area (Å²) in [6.45, 7) is 2.15. The fraction of sp³-hybridized carbons (Fsp3) is 0.625. The Morgan fingerprint density at radius 1 is 1.19 bits per heavy atom. The Morgan fingerprint density at radius 2 is 1.81 bits per heavy atom. The van der Waals surface area contributed by atoms with Crippen LogP contribution in [0.3, 0.4) is 0 Å². The quantitative estimate of drug-likeness (QED) is 0.773. The van der Waals surface area contributed by atoms with Crippen LogP contribution in [0, 0.1) is 5.92 Å². The number of alkyl halides is 1. The fourth-order valence-electron chi connectivity index (χ4n) is 3.12. The molecule has 2 rings (SSSR count). The minimum Gasteiger partial charge on any atom is -0.207 e. The number of hydrogen-bond donors (Lipinski definition) is 0. The van der Waals surface area contributed by atoms with Crippen LogP contribution in [0.5, 0.6) is 0 Å². The molecule has 5 heteroatoms. The van der Waals surface area contributed by atoms with Crippen LogP contribution in [0.1, 0.15) is 38.2 Å². The molecule has 2 atom stereocenters. The molecule has 0 saturated heterocycles. The summed E-state index contributed by atoms with van der Waals surface area (Å²) < 4.78 is 27.1. The molecule has 1 aromatic rings. The molecule has 1 fully saturated rings. The molecule has 0 spiro atoms. The monoisotopic (exact) mass is 329 g/mol. The molecular formula is C16H24ClNO2S. The van der Waals surface area contributed by atoms with E-state index >= 15 is 0 Å². The Balaban J connectivity index is 2.19. The van der Waals surface area contributed by atoms with E-state index in [1.807, 2.05) is 12.1 Å². The van der Waals surface area contributed by atoms with Gasteiger partial charge < -0.3 is 0 Å². The molecule has 118 valence electrons. The molecular weight excluding hydrogens is 306 g/mol. The van der Waals surface area contributed by atoms with Crippen molar-refractivity contribution in [3.05, 3.63) is 29.8 Å². The topological polar surface area (TPSA) is 37.4 Å². The molecule has 21 heavy (non-hydrogen) atoms. The van der Waals surface area contributed by atoms with Gasteiger partial charge in [-0.25, -0.2) is 8.42 Å². The van der Waals surface area contributed by atoms with Gasteiger partial charge in [0.1, 0.15) is 0 Å². The molecule has 1 aromatic carbocycles. The Hall–Kier alpha value is -0.580. The highest BCUT2D eigenvalue weighted by molar-refractivity contribution is 7.89. The first-order chi connectivity index (χ1) is 9.96. The van der Waals surface area contributed by atoms with Crippen molar-refractivity contribution >= 4 is 21.6 Å². The minimum atomic E-state index is -3.40. The summed E-state index contributed by atoms with van der Waals surface area (Å²) in [6, 6.07) is 7.22.